The molecule has 0 radical (unpaired) electrons. The molecule has 0 amide bonds. The zero-order chi connectivity index (χ0) is 25.5. The highest BCUT2D eigenvalue weighted by molar-refractivity contribution is 9.10. The van der Waals surface area contributed by atoms with Gasteiger partial charge >= 0.3 is 0 Å². The Kier molecular flexibility index (Phi) is 8.48. The molecule has 0 saturated carbocycles. The Bertz CT molecular complexity index is 1450. The van der Waals surface area contributed by atoms with Crippen LogP contribution in [0.5, 0.6) is 11.5 Å². The van der Waals surface area contributed by atoms with E-state index < -0.39 is 0 Å². The van der Waals surface area contributed by atoms with E-state index in [4.69, 9.17) is 14.5 Å². The normalized spacial score (nSPS) is 11.3. The van der Waals surface area contributed by atoms with Gasteiger partial charge in [0.1, 0.15) is 18.2 Å². The van der Waals surface area contributed by atoms with Gasteiger partial charge < -0.3 is 9.47 Å². The molecule has 0 aliphatic carbocycles. The largest absolute Gasteiger partial charge is 0.490 e. The number of benzene rings is 3. The van der Waals surface area contributed by atoms with Gasteiger partial charge in [0.05, 0.1) is 23.7 Å². The molecule has 1 heterocycles. The Hall–Kier alpha value is -3.52. The van der Waals surface area contributed by atoms with Crippen molar-refractivity contribution < 1.29 is 13.9 Å². The van der Waals surface area contributed by atoms with E-state index in [2.05, 4.69) is 28.0 Å². The van der Waals surface area contributed by atoms with E-state index in [1.54, 1.807) is 42.6 Å². The van der Waals surface area contributed by atoms with Crippen molar-refractivity contribution in [3.63, 3.8) is 0 Å². The summed E-state index contributed by atoms with van der Waals surface area (Å²) in [4.78, 5) is 18.0. The maximum absolute atomic E-state index is 14.0. The smallest absolute Gasteiger partial charge is 0.282 e. The van der Waals surface area contributed by atoms with Crippen molar-refractivity contribution in [2.24, 2.45) is 5.10 Å². The van der Waals surface area contributed by atoms with Crippen molar-refractivity contribution in [3.05, 3.63) is 98.3 Å². The number of unbranched alkanes of at least 4 members (excludes halogenated alkanes) is 1. The van der Waals surface area contributed by atoms with Crippen LogP contribution in [0.1, 0.15) is 43.6 Å². The molecule has 0 unspecified atom stereocenters. The molecule has 3 aromatic carbocycles. The van der Waals surface area contributed by atoms with E-state index in [-0.39, 0.29) is 18.0 Å². The lowest BCUT2D eigenvalue weighted by Crippen LogP contribution is -2.22. The molecule has 0 aliphatic rings. The second-order valence-corrected chi connectivity index (χ2v) is 9.09. The van der Waals surface area contributed by atoms with Crippen molar-refractivity contribution in [1.82, 2.24) is 9.66 Å². The van der Waals surface area contributed by atoms with Crippen molar-refractivity contribution in [2.45, 2.75) is 39.7 Å². The maximum Gasteiger partial charge on any atom is 0.282 e. The molecule has 0 saturated heterocycles. The van der Waals surface area contributed by atoms with Gasteiger partial charge in [0.25, 0.3) is 5.56 Å². The zero-order valence-corrected chi connectivity index (χ0v) is 21.8. The monoisotopic (exact) mass is 551 g/mol. The predicted octanol–water partition coefficient (Wildman–Crippen LogP) is 6.50. The number of ether oxygens (including phenoxy) is 2. The molecule has 36 heavy (non-hydrogen) atoms. The molecular weight excluding hydrogens is 525 g/mol. The lowest BCUT2D eigenvalue weighted by atomic mass is 10.2. The number of hydrogen-bond donors (Lipinski definition) is 0. The molecule has 0 spiro atoms. The summed E-state index contributed by atoms with van der Waals surface area (Å²) in [5.41, 5.74) is 1.61. The van der Waals surface area contributed by atoms with Gasteiger partial charge in [-0.25, -0.2) is 9.37 Å². The van der Waals surface area contributed by atoms with Gasteiger partial charge in [0.2, 0.25) is 0 Å². The first-order valence-corrected chi connectivity index (χ1v) is 12.7. The average molecular weight is 552 g/mol. The van der Waals surface area contributed by atoms with E-state index >= 15 is 0 Å². The highest BCUT2D eigenvalue weighted by Gasteiger charge is 2.12. The first kappa shape index (κ1) is 25.6. The highest BCUT2D eigenvalue weighted by atomic mass is 79.9. The third-order valence-electron chi connectivity index (χ3n) is 5.56. The van der Waals surface area contributed by atoms with Crippen LogP contribution in [0.25, 0.3) is 10.9 Å². The first-order chi connectivity index (χ1) is 17.5. The lowest BCUT2D eigenvalue weighted by molar-refractivity contribution is 0.266. The summed E-state index contributed by atoms with van der Waals surface area (Å²) in [7, 11) is 0. The molecule has 4 aromatic rings. The van der Waals surface area contributed by atoms with Gasteiger partial charge in [-0.2, -0.15) is 9.78 Å². The molecule has 6 nitrogen and oxygen atoms in total. The number of hydrogen-bond acceptors (Lipinski definition) is 5. The standard InChI is InChI=1S/C28H27BrFN3O3/c1-3-5-10-27-32-24-13-12-21(29)16-22(24)28(34)33(27)31-17-19-11-14-25(26(15-19)35-4-2)36-18-20-8-6-7-9-23(20)30/h6-9,11-17H,3-5,10,18H2,1-2H3. The second-order valence-electron chi connectivity index (χ2n) is 8.17. The fraction of sp³-hybridized carbons (Fsp3) is 0.250. The molecule has 0 bridgehead atoms. The van der Waals surface area contributed by atoms with Gasteiger partial charge in [-0.1, -0.05) is 47.5 Å². The number of nitrogens with zero attached hydrogens (tertiary/aromatic N) is 3. The summed E-state index contributed by atoms with van der Waals surface area (Å²) < 4.78 is 27.7. The van der Waals surface area contributed by atoms with Crippen LogP contribution in [-0.4, -0.2) is 22.5 Å². The predicted molar refractivity (Wildman–Crippen MR) is 144 cm³/mol. The van der Waals surface area contributed by atoms with E-state index in [1.807, 2.05) is 25.1 Å². The third kappa shape index (κ3) is 5.99. The van der Waals surface area contributed by atoms with Crippen LogP contribution < -0.4 is 15.0 Å². The van der Waals surface area contributed by atoms with Crippen molar-refractivity contribution in [3.8, 4) is 11.5 Å². The van der Waals surface area contributed by atoms with Crippen LogP contribution in [0.3, 0.4) is 0 Å². The number of rotatable bonds is 10. The summed E-state index contributed by atoms with van der Waals surface area (Å²) >= 11 is 3.43. The second kappa shape index (κ2) is 11.9. The van der Waals surface area contributed by atoms with Crippen LogP contribution >= 0.6 is 15.9 Å². The molecule has 0 N–H and O–H groups in total. The number of fused-ring (bicyclic) bond motifs is 1. The summed E-state index contributed by atoms with van der Waals surface area (Å²) in [5, 5.41) is 4.99. The topological polar surface area (TPSA) is 65.7 Å². The SMILES string of the molecule is CCCCc1nc2ccc(Br)cc2c(=O)n1N=Cc1ccc(OCc2ccccc2F)c(OCC)c1. The first-order valence-electron chi connectivity index (χ1n) is 11.9. The minimum absolute atomic E-state index is 0.0781. The Balaban J connectivity index is 1.65. The van der Waals surface area contributed by atoms with Crippen molar-refractivity contribution in [1.29, 1.82) is 0 Å². The lowest BCUT2D eigenvalue weighted by Gasteiger charge is -2.13. The summed E-state index contributed by atoms with van der Waals surface area (Å²) in [6.45, 7) is 4.48. The van der Waals surface area contributed by atoms with E-state index in [0.29, 0.717) is 46.8 Å². The molecule has 4 rings (SSSR count). The van der Waals surface area contributed by atoms with Crippen LogP contribution in [-0.2, 0) is 13.0 Å². The summed E-state index contributed by atoms with van der Waals surface area (Å²) in [5.74, 6) is 1.30. The van der Waals surface area contributed by atoms with E-state index in [9.17, 15) is 9.18 Å². The highest BCUT2D eigenvalue weighted by Crippen LogP contribution is 2.29. The maximum atomic E-state index is 14.0. The fourth-order valence-electron chi connectivity index (χ4n) is 3.70. The molecule has 186 valence electrons. The van der Waals surface area contributed by atoms with Gasteiger partial charge in [0, 0.05) is 16.5 Å². The molecule has 0 atom stereocenters. The van der Waals surface area contributed by atoms with Crippen LogP contribution in [0.2, 0.25) is 0 Å². The average Bonchev–Trinajstić information content (AvgIpc) is 2.88. The van der Waals surface area contributed by atoms with E-state index in [1.165, 1.54) is 10.7 Å². The molecular formula is C28H27BrFN3O3. The van der Waals surface area contributed by atoms with Gasteiger partial charge in [-0.05, 0) is 61.4 Å². The number of aromatic nitrogens is 2. The quantitative estimate of drug-likeness (QED) is 0.211. The van der Waals surface area contributed by atoms with Crippen molar-refractivity contribution >= 4 is 33.0 Å². The molecule has 0 fully saturated rings. The fourth-order valence-corrected chi connectivity index (χ4v) is 4.06. The van der Waals surface area contributed by atoms with Crippen LogP contribution in [0, 0.1) is 5.82 Å². The van der Waals surface area contributed by atoms with Crippen LogP contribution in [0.4, 0.5) is 4.39 Å². The summed E-state index contributed by atoms with van der Waals surface area (Å²) in [6.07, 6.45) is 4.12. The molecule has 1 aromatic heterocycles. The van der Waals surface area contributed by atoms with Gasteiger partial charge in [-0.15, -0.1) is 0 Å². The minimum Gasteiger partial charge on any atom is -0.490 e. The Morgan fingerprint density at radius 1 is 1.06 bits per heavy atom. The number of aryl methyl sites for hydroxylation is 1. The Labute approximate surface area is 217 Å². The van der Waals surface area contributed by atoms with Crippen LogP contribution in [0.15, 0.2) is 75.0 Å². The van der Waals surface area contributed by atoms with Crippen molar-refractivity contribution in [2.75, 3.05) is 6.61 Å². The minimum atomic E-state index is -0.320. The number of halogens is 2. The summed E-state index contributed by atoms with van der Waals surface area (Å²) in [6, 6.07) is 17.3. The Morgan fingerprint density at radius 3 is 2.67 bits per heavy atom. The molecule has 8 heteroatoms. The third-order valence-corrected chi connectivity index (χ3v) is 6.05. The molecule has 0 aliphatic heterocycles. The Morgan fingerprint density at radius 2 is 1.89 bits per heavy atom. The van der Waals surface area contributed by atoms with Gasteiger partial charge in [0.15, 0.2) is 11.5 Å². The zero-order valence-electron chi connectivity index (χ0n) is 20.2. The van der Waals surface area contributed by atoms with Gasteiger partial charge in [-0.3, -0.25) is 4.79 Å². The van der Waals surface area contributed by atoms with E-state index in [0.717, 1.165) is 22.9 Å².